The van der Waals surface area contributed by atoms with E-state index in [2.05, 4.69) is 5.32 Å². The van der Waals surface area contributed by atoms with Gasteiger partial charge in [0.25, 0.3) is 21.8 Å². The number of rotatable bonds is 5. The van der Waals surface area contributed by atoms with Crippen molar-refractivity contribution in [1.29, 1.82) is 0 Å². The van der Waals surface area contributed by atoms with E-state index in [1.54, 1.807) is 13.8 Å². The molecule has 130 valence electrons. The van der Waals surface area contributed by atoms with Crippen molar-refractivity contribution in [1.82, 2.24) is 9.62 Å². The molecule has 1 heterocycles. The van der Waals surface area contributed by atoms with E-state index in [-0.39, 0.29) is 28.5 Å². The van der Waals surface area contributed by atoms with Crippen LogP contribution in [0, 0.1) is 5.92 Å². The van der Waals surface area contributed by atoms with E-state index in [1.165, 1.54) is 19.1 Å². The number of nitrogens with one attached hydrogen (secondary N) is 1. The van der Waals surface area contributed by atoms with Gasteiger partial charge in [-0.1, -0.05) is 13.8 Å². The lowest BCUT2D eigenvalue weighted by molar-refractivity contribution is -0.140. The summed E-state index contributed by atoms with van der Waals surface area (Å²) < 4.78 is 25.4. The first kappa shape index (κ1) is 17.9. The van der Waals surface area contributed by atoms with Crippen molar-refractivity contribution >= 4 is 27.8 Å². The molecule has 1 aromatic rings. The summed E-state index contributed by atoms with van der Waals surface area (Å²) in [6.07, 6.45) is 0. The smallest absolute Gasteiger partial charge is 0.326 e. The van der Waals surface area contributed by atoms with Crippen LogP contribution in [0.5, 0.6) is 0 Å². The summed E-state index contributed by atoms with van der Waals surface area (Å²) in [5.74, 6) is -2.87. The average Bonchev–Trinajstić information content (AvgIpc) is 2.69. The third kappa shape index (κ3) is 2.86. The van der Waals surface area contributed by atoms with Gasteiger partial charge in [-0.3, -0.25) is 9.59 Å². The van der Waals surface area contributed by atoms with Gasteiger partial charge in [0.2, 0.25) is 0 Å². The number of benzene rings is 1. The Morgan fingerprint density at radius 3 is 2.42 bits per heavy atom. The zero-order chi connectivity index (χ0) is 18.2. The van der Waals surface area contributed by atoms with Gasteiger partial charge in [0.1, 0.15) is 10.9 Å². The molecule has 24 heavy (non-hydrogen) atoms. The summed E-state index contributed by atoms with van der Waals surface area (Å²) in [6.45, 7) is 4.81. The number of nitrogens with zero attached hydrogens (tertiary/aromatic N) is 1. The quantitative estimate of drug-likeness (QED) is 0.802. The minimum atomic E-state index is -3.98. The van der Waals surface area contributed by atoms with Crippen LogP contribution in [0.25, 0.3) is 0 Å². The van der Waals surface area contributed by atoms with Gasteiger partial charge in [-0.25, -0.2) is 17.5 Å². The average molecular weight is 354 g/mol. The summed E-state index contributed by atoms with van der Waals surface area (Å²) >= 11 is 0. The number of fused-ring (bicyclic) bond motifs is 1. The van der Waals surface area contributed by atoms with Crippen molar-refractivity contribution in [3.8, 4) is 0 Å². The van der Waals surface area contributed by atoms with E-state index in [9.17, 15) is 22.8 Å². The predicted octanol–water partition coefficient (Wildman–Crippen LogP) is 0.690. The third-order valence-corrected chi connectivity index (χ3v) is 5.67. The number of hydrogen-bond acceptors (Lipinski definition) is 5. The van der Waals surface area contributed by atoms with Crippen molar-refractivity contribution in [2.45, 2.75) is 31.7 Å². The van der Waals surface area contributed by atoms with Crippen LogP contribution in [-0.4, -0.2) is 48.2 Å². The first-order chi connectivity index (χ1) is 11.1. The SMILES string of the molecule is CCN1C(=O)c2ccc(C(=O)NC(C(=O)O)C(C)C)cc2S1(=O)=O. The fourth-order valence-electron chi connectivity index (χ4n) is 2.47. The Hall–Kier alpha value is -2.42. The molecule has 0 bridgehead atoms. The Morgan fingerprint density at radius 1 is 1.29 bits per heavy atom. The van der Waals surface area contributed by atoms with Gasteiger partial charge >= 0.3 is 5.97 Å². The summed E-state index contributed by atoms with van der Waals surface area (Å²) in [5.41, 5.74) is -0.0120. The topological polar surface area (TPSA) is 121 Å². The Labute approximate surface area is 139 Å². The lowest BCUT2D eigenvalue weighted by Crippen LogP contribution is -2.44. The summed E-state index contributed by atoms with van der Waals surface area (Å²) in [4.78, 5) is 35.2. The second-order valence-electron chi connectivity index (χ2n) is 5.72. The van der Waals surface area contributed by atoms with Crippen molar-refractivity contribution in [2.24, 2.45) is 5.92 Å². The minimum absolute atomic E-state index is 0.00652. The van der Waals surface area contributed by atoms with Gasteiger partial charge in [0.15, 0.2) is 0 Å². The van der Waals surface area contributed by atoms with Crippen LogP contribution in [0.4, 0.5) is 0 Å². The van der Waals surface area contributed by atoms with Crippen molar-refractivity contribution in [3.05, 3.63) is 29.3 Å². The van der Waals surface area contributed by atoms with E-state index < -0.39 is 33.8 Å². The summed E-state index contributed by atoms with van der Waals surface area (Å²) in [6, 6.07) is 2.58. The molecule has 9 heteroatoms. The molecule has 8 nitrogen and oxygen atoms in total. The summed E-state index contributed by atoms with van der Waals surface area (Å²) in [5, 5.41) is 11.5. The van der Waals surface area contributed by atoms with Gasteiger partial charge in [0, 0.05) is 12.1 Å². The van der Waals surface area contributed by atoms with E-state index in [1.807, 2.05) is 0 Å². The van der Waals surface area contributed by atoms with Crippen LogP contribution < -0.4 is 5.32 Å². The van der Waals surface area contributed by atoms with Gasteiger partial charge in [0.05, 0.1) is 5.56 Å². The Bertz CT molecular complexity index is 815. The highest BCUT2D eigenvalue weighted by molar-refractivity contribution is 7.90. The van der Waals surface area contributed by atoms with Crippen LogP contribution in [0.1, 0.15) is 41.5 Å². The maximum atomic E-state index is 12.3. The van der Waals surface area contributed by atoms with Crippen LogP contribution in [-0.2, 0) is 14.8 Å². The second-order valence-corrected chi connectivity index (χ2v) is 7.55. The van der Waals surface area contributed by atoms with Crippen LogP contribution >= 0.6 is 0 Å². The maximum absolute atomic E-state index is 12.3. The first-order valence-electron chi connectivity index (χ1n) is 7.36. The molecule has 0 spiro atoms. The zero-order valence-electron chi connectivity index (χ0n) is 13.4. The van der Waals surface area contributed by atoms with Gasteiger partial charge < -0.3 is 10.4 Å². The molecule has 0 fully saturated rings. The Morgan fingerprint density at radius 2 is 1.92 bits per heavy atom. The second kappa shape index (κ2) is 6.23. The standard InChI is InChI=1S/C15H18N2O6S/c1-4-17-14(19)10-6-5-9(7-11(10)24(17,22)23)13(18)16-12(8(2)3)15(20)21/h5-8,12H,4H2,1-3H3,(H,16,18)(H,20,21). The monoisotopic (exact) mass is 354 g/mol. The molecule has 1 aromatic carbocycles. The molecule has 2 amide bonds. The molecule has 1 unspecified atom stereocenters. The first-order valence-corrected chi connectivity index (χ1v) is 8.80. The molecule has 1 aliphatic rings. The number of carboxylic acid groups (broad SMARTS) is 1. The van der Waals surface area contributed by atoms with Gasteiger partial charge in [-0.05, 0) is 31.0 Å². The van der Waals surface area contributed by atoms with E-state index >= 15 is 0 Å². The van der Waals surface area contributed by atoms with Gasteiger partial charge in [-0.15, -0.1) is 0 Å². The predicted molar refractivity (Wildman–Crippen MR) is 84.1 cm³/mol. The molecular formula is C15H18N2O6S. The van der Waals surface area contributed by atoms with Crippen molar-refractivity contribution < 1.29 is 27.9 Å². The largest absolute Gasteiger partial charge is 0.480 e. The fraction of sp³-hybridized carbons (Fsp3) is 0.400. The van der Waals surface area contributed by atoms with Gasteiger partial charge in [-0.2, -0.15) is 0 Å². The Kier molecular flexibility index (Phi) is 4.66. The molecule has 1 atom stereocenters. The van der Waals surface area contributed by atoms with Crippen LogP contribution in [0.2, 0.25) is 0 Å². The molecule has 2 rings (SSSR count). The lowest BCUT2D eigenvalue weighted by Gasteiger charge is -2.18. The number of hydrogen-bond donors (Lipinski definition) is 2. The molecular weight excluding hydrogens is 336 g/mol. The number of carboxylic acids is 1. The minimum Gasteiger partial charge on any atom is -0.480 e. The van der Waals surface area contributed by atoms with Crippen molar-refractivity contribution in [2.75, 3.05) is 6.54 Å². The molecule has 0 saturated carbocycles. The number of carbonyl (C=O) groups excluding carboxylic acids is 2. The fourth-order valence-corrected chi connectivity index (χ4v) is 4.07. The van der Waals surface area contributed by atoms with Crippen LogP contribution in [0.3, 0.4) is 0 Å². The third-order valence-electron chi connectivity index (χ3n) is 3.78. The Balaban J connectivity index is 2.38. The highest BCUT2D eigenvalue weighted by Crippen LogP contribution is 2.30. The van der Waals surface area contributed by atoms with E-state index in [0.717, 1.165) is 10.4 Å². The van der Waals surface area contributed by atoms with Crippen LogP contribution in [0.15, 0.2) is 23.1 Å². The highest BCUT2D eigenvalue weighted by atomic mass is 32.2. The molecule has 1 aliphatic heterocycles. The highest BCUT2D eigenvalue weighted by Gasteiger charge is 2.40. The lowest BCUT2D eigenvalue weighted by atomic mass is 10.0. The number of sulfonamides is 1. The maximum Gasteiger partial charge on any atom is 0.326 e. The van der Waals surface area contributed by atoms with Crippen molar-refractivity contribution in [3.63, 3.8) is 0 Å². The van der Waals surface area contributed by atoms with E-state index in [4.69, 9.17) is 5.11 Å². The zero-order valence-corrected chi connectivity index (χ0v) is 14.3. The number of carbonyl (C=O) groups is 3. The normalized spacial score (nSPS) is 16.8. The molecule has 0 saturated heterocycles. The number of aliphatic carboxylic acids is 1. The number of amides is 2. The molecule has 0 aromatic heterocycles. The molecule has 2 N–H and O–H groups in total. The molecule has 0 radical (unpaired) electrons. The summed E-state index contributed by atoms with van der Waals surface area (Å²) in [7, 11) is -3.98. The molecule has 0 aliphatic carbocycles. The van der Waals surface area contributed by atoms with E-state index in [0.29, 0.717) is 0 Å².